The number of hydrogen-bond donors (Lipinski definition) is 1. The molecule has 0 spiro atoms. The van der Waals surface area contributed by atoms with Crippen LogP contribution >= 0.6 is 26.6 Å². The van der Waals surface area contributed by atoms with Gasteiger partial charge in [0.15, 0.2) is 10.4 Å². The Bertz CT molecular complexity index is 536. The van der Waals surface area contributed by atoms with Crippen LogP contribution in [0.4, 0.5) is 0 Å². The Labute approximate surface area is 118 Å². The lowest BCUT2D eigenvalue weighted by Gasteiger charge is -2.12. The Morgan fingerprint density at radius 1 is 1.50 bits per heavy atom. The second-order valence-electron chi connectivity index (χ2n) is 3.67. The van der Waals surface area contributed by atoms with Crippen LogP contribution in [0.3, 0.4) is 0 Å². The Kier molecular flexibility index (Phi) is 5.24. The van der Waals surface area contributed by atoms with E-state index in [1.807, 2.05) is 13.8 Å². The maximum atomic E-state index is 11.8. The lowest BCUT2D eigenvalue weighted by atomic mass is 10.2. The second kappa shape index (κ2) is 6.08. The van der Waals surface area contributed by atoms with E-state index < -0.39 is 15.0 Å². The van der Waals surface area contributed by atoms with E-state index in [9.17, 15) is 13.2 Å². The Balaban J connectivity index is 2.95. The number of furan rings is 1. The molecule has 1 amide bonds. The van der Waals surface area contributed by atoms with Gasteiger partial charge in [-0.05, 0) is 28.8 Å². The molecule has 1 aromatic rings. The van der Waals surface area contributed by atoms with E-state index in [1.54, 1.807) is 0 Å². The van der Waals surface area contributed by atoms with Crippen molar-refractivity contribution in [3.63, 3.8) is 0 Å². The third kappa shape index (κ3) is 3.73. The molecule has 18 heavy (non-hydrogen) atoms. The minimum absolute atomic E-state index is 0.0254. The van der Waals surface area contributed by atoms with Crippen LogP contribution in [-0.4, -0.2) is 20.4 Å². The normalized spacial score (nSPS) is 11.8. The average molecular weight is 359 g/mol. The van der Waals surface area contributed by atoms with Crippen molar-refractivity contribution in [3.8, 4) is 0 Å². The number of nitrogens with one attached hydrogen (secondary N) is 1. The molecular formula is C10H13BrClNO4S. The first kappa shape index (κ1) is 15.5. The number of halogens is 2. The lowest BCUT2D eigenvalue weighted by Crippen LogP contribution is -2.33. The molecule has 1 aromatic heterocycles. The summed E-state index contributed by atoms with van der Waals surface area (Å²) in [6, 6.07) is 1.13. The summed E-state index contributed by atoms with van der Waals surface area (Å²) in [7, 11) is 1.26. The number of hydrogen-bond acceptors (Lipinski definition) is 4. The summed E-state index contributed by atoms with van der Waals surface area (Å²) in [6.45, 7) is 3.89. The zero-order valence-electron chi connectivity index (χ0n) is 9.87. The van der Waals surface area contributed by atoms with Gasteiger partial charge in [0, 0.05) is 22.8 Å². The van der Waals surface area contributed by atoms with Crippen LogP contribution in [0, 0.1) is 0 Å². The minimum Gasteiger partial charge on any atom is -0.443 e. The molecular weight excluding hydrogens is 346 g/mol. The molecule has 0 saturated heterocycles. The van der Waals surface area contributed by atoms with E-state index >= 15 is 0 Å². The van der Waals surface area contributed by atoms with Crippen molar-refractivity contribution in [2.45, 2.75) is 37.6 Å². The molecule has 1 rings (SSSR count). The summed E-state index contributed by atoms with van der Waals surface area (Å²) in [6.07, 6.45) is 1.57. The van der Waals surface area contributed by atoms with E-state index in [0.29, 0.717) is 0 Å². The van der Waals surface area contributed by atoms with Crippen LogP contribution in [0.1, 0.15) is 37.2 Å². The lowest BCUT2D eigenvalue weighted by molar-refractivity contribution is 0.0905. The molecule has 0 unspecified atom stereocenters. The first-order chi connectivity index (χ1) is 8.29. The first-order valence-electron chi connectivity index (χ1n) is 5.34. The molecule has 0 aromatic carbocycles. The predicted octanol–water partition coefficient (Wildman–Crippen LogP) is 2.89. The molecule has 102 valence electrons. The number of carbonyl (C=O) groups excluding carboxylic acids is 1. The molecule has 0 radical (unpaired) electrons. The molecule has 0 bridgehead atoms. The van der Waals surface area contributed by atoms with Crippen LogP contribution < -0.4 is 5.32 Å². The number of carbonyl (C=O) groups is 1. The molecule has 0 aliphatic carbocycles. The van der Waals surface area contributed by atoms with E-state index in [0.717, 1.165) is 18.9 Å². The van der Waals surface area contributed by atoms with Crippen LogP contribution in [-0.2, 0) is 9.05 Å². The van der Waals surface area contributed by atoms with Crippen molar-refractivity contribution in [1.82, 2.24) is 5.32 Å². The molecule has 0 atom stereocenters. The smallest absolute Gasteiger partial charge is 0.287 e. The van der Waals surface area contributed by atoms with Gasteiger partial charge in [0.05, 0.1) is 0 Å². The molecule has 5 nitrogen and oxygen atoms in total. The van der Waals surface area contributed by atoms with Gasteiger partial charge in [0.1, 0.15) is 4.90 Å². The summed E-state index contributed by atoms with van der Waals surface area (Å²) in [5, 5.41) is 2.73. The zero-order chi connectivity index (χ0) is 13.9. The summed E-state index contributed by atoms with van der Waals surface area (Å²) < 4.78 is 27.3. The van der Waals surface area contributed by atoms with Crippen LogP contribution in [0.15, 0.2) is 20.0 Å². The van der Waals surface area contributed by atoms with Crippen LogP contribution in [0.25, 0.3) is 0 Å². The van der Waals surface area contributed by atoms with Crippen LogP contribution in [0.5, 0.6) is 0 Å². The van der Waals surface area contributed by atoms with Gasteiger partial charge < -0.3 is 9.73 Å². The highest BCUT2D eigenvalue weighted by Crippen LogP contribution is 2.28. The second-order valence-corrected chi connectivity index (χ2v) is 6.93. The topological polar surface area (TPSA) is 76.4 Å². The maximum Gasteiger partial charge on any atom is 0.287 e. The van der Waals surface area contributed by atoms with E-state index in [2.05, 4.69) is 21.2 Å². The van der Waals surface area contributed by atoms with Gasteiger partial charge in [-0.2, -0.15) is 0 Å². The molecule has 0 aliphatic heterocycles. The molecule has 0 aliphatic rings. The fraction of sp³-hybridized carbons (Fsp3) is 0.500. The molecule has 0 saturated carbocycles. The van der Waals surface area contributed by atoms with Gasteiger partial charge in [-0.3, -0.25) is 4.79 Å². The van der Waals surface area contributed by atoms with Crippen molar-refractivity contribution < 1.29 is 17.6 Å². The third-order valence-corrected chi connectivity index (χ3v) is 4.64. The summed E-state index contributed by atoms with van der Waals surface area (Å²) in [5.74, 6) is -0.552. The fourth-order valence-electron chi connectivity index (χ4n) is 1.38. The van der Waals surface area contributed by atoms with Crippen molar-refractivity contribution >= 4 is 41.6 Å². The number of amides is 1. The van der Waals surface area contributed by atoms with Gasteiger partial charge in [-0.15, -0.1) is 0 Å². The molecule has 8 heteroatoms. The third-order valence-electron chi connectivity index (χ3n) is 2.46. The van der Waals surface area contributed by atoms with E-state index in [-0.39, 0.29) is 21.4 Å². The molecule has 1 N–H and O–H groups in total. The standard InChI is InChI=1S/C10H13BrClNO4S/c1-3-6(4-2)13-10(14)7-5-8(9(11)17-7)18(12,15)16/h5-6H,3-4H2,1-2H3,(H,13,14). The van der Waals surface area contributed by atoms with E-state index in [1.165, 1.54) is 0 Å². The highest BCUT2D eigenvalue weighted by molar-refractivity contribution is 9.10. The monoisotopic (exact) mass is 357 g/mol. The largest absolute Gasteiger partial charge is 0.443 e. The predicted molar refractivity (Wildman–Crippen MR) is 71.3 cm³/mol. The highest BCUT2D eigenvalue weighted by atomic mass is 79.9. The van der Waals surface area contributed by atoms with Gasteiger partial charge in [0.25, 0.3) is 15.0 Å². The SMILES string of the molecule is CCC(CC)NC(=O)c1cc(S(=O)(=O)Cl)c(Br)o1. The molecule has 1 heterocycles. The van der Waals surface area contributed by atoms with Crippen molar-refractivity contribution in [2.75, 3.05) is 0 Å². The number of rotatable bonds is 5. The quantitative estimate of drug-likeness (QED) is 0.821. The Morgan fingerprint density at radius 2 is 2.06 bits per heavy atom. The van der Waals surface area contributed by atoms with Crippen LogP contribution in [0.2, 0.25) is 0 Å². The van der Waals surface area contributed by atoms with E-state index in [4.69, 9.17) is 15.1 Å². The van der Waals surface area contributed by atoms with Gasteiger partial charge in [0.2, 0.25) is 0 Å². The molecule has 0 fully saturated rings. The summed E-state index contributed by atoms with van der Waals surface area (Å²) >= 11 is 2.91. The zero-order valence-corrected chi connectivity index (χ0v) is 13.0. The van der Waals surface area contributed by atoms with Gasteiger partial charge >= 0.3 is 0 Å². The van der Waals surface area contributed by atoms with Gasteiger partial charge in [-0.25, -0.2) is 8.42 Å². The Hall–Kier alpha value is -0.530. The van der Waals surface area contributed by atoms with Crippen molar-refractivity contribution in [1.29, 1.82) is 0 Å². The fourth-order valence-corrected chi connectivity index (χ4v) is 3.41. The first-order valence-corrected chi connectivity index (χ1v) is 8.44. The summed E-state index contributed by atoms with van der Waals surface area (Å²) in [5.41, 5.74) is 0. The average Bonchev–Trinajstić information content (AvgIpc) is 2.67. The van der Waals surface area contributed by atoms with Crippen molar-refractivity contribution in [3.05, 3.63) is 16.5 Å². The van der Waals surface area contributed by atoms with Crippen molar-refractivity contribution in [2.24, 2.45) is 0 Å². The Morgan fingerprint density at radius 3 is 2.44 bits per heavy atom. The highest BCUT2D eigenvalue weighted by Gasteiger charge is 2.23. The summed E-state index contributed by atoms with van der Waals surface area (Å²) in [4.78, 5) is 11.6. The minimum atomic E-state index is -3.93. The maximum absolute atomic E-state index is 11.8. The van der Waals surface area contributed by atoms with Gasteiger partial charge in [-0.1, -0.05) is 13.8 Å².